The van der Waals surface area contributed by atoms with Crippen LogP contribution in [0.4, 0.5) is 0 Å². The van der Waals surface area contributed by atoms with Crippen LogP contribution < -0.4 is 16.4 Å². The van der Waals surface area contributed by atoms with E-state index in [1.165, 1.54) is 0 Å². The monoisotopic (exact) mass is 223 g/mol. The third-order valence-corrected chi connectivity index (χ3v) is 2.52. The van der Waals surface area contributed by atoms with Crippen molar-refractivity contribution < 1.29 is 4.79 Å². The second-order valence-corrected chi connectivity index (χ2v) is 4.11. The first-order chi connectivity index (χ1) is 7.76. The number of amides is 1. The average Bonchev–Trinajstić information content (AvgIpc) is 3.06. The van der Waals surface area contributed by atoms with Gasteiger partial charge in [0.05, 0.1) is 0 Å². The summed E-state index contributed by atoms with van der Waals surface area (Å²) in [5.41, 5.74) is 5.60. The summed E-state index contributed by atoms with van der Waals surface area (Å²) in [6.45, 7) is 3.10. The van der Waals surface area contributed by atoms with Crippen LogP contribution >= 0.6 is 0 Å². The fourth-order valence-corrected chi connectivity index (χ4v) is 1.44. The first kappa shape index (κ1) is 13.0. The Morgan fingerprint density at radius 2 is 2.31 bits per heavy atom. The Balaban J connectivity index is 2.12. The predicted octanol–water partition coefficient (Wildman–Crippen LogP) is -0.0146. The van der Waals surface area contributed by atoms with Gasteiger partial charge in [-0.1, -0.05) is 0 Å². The van der Waals surface area contributed by atoms with E-state index in [1.807, 2.05) is 6.92 Å². The van der Waals surface area contributed by atoms with Gasteiger partial charge in [0, 0.05) is 38.0 Å². The van der Waals surface area contributed by atoms with E-state index in [9.17, 15) is 4.79 Å². The van der Waals surface area contributed by atoms with E-state index in [2.05, 4.69) is 22.5 Å². The molecule has 0 bridgehead atoms. The smallest absolute Gasteiger partial charge is 0.221 e. The van der Waals surface area contributed by atoms with Gasteiger partial charge in [-0.05, 0) is 19.8 Å². The highest BCUT2D eigenvalue weighted by Gasteiger charge is 2.24. The molecule has 0 aromatic heterocycles. The molecule has 0 aromatic carbocycles. The van der Waals surface area contributed by atoms with Crippen molar-refractivity contribution in [2.45, 2.75) is 44.7 Å². The van der Waals surface area contributed by atoms with E-state index in [4.69, 9.17) is 5.73 Å². The van der Waals surface area contributed by atoms with Crippen molar-refractivity contribution in [3.8, 4) is 11.8 Å². The van der Waals surface area contributed by atoms with Gasteiger partial charge in [0.25, 0.3) is 0 Å². The zero-order valence-corrected chi connectivity index (χ0v) is 9.88. The summed E-state index contributed by atoms with van der Waals surface area (Å²) in [7, 11) is 0. The van der Waals surface area contributed by atoms with Crippen LogP contribution in [0.25, 0.3) is 0 Å². The van der Waals surface area contributed by atoms with Crippen LogP contribution in [0.1, 0.15) is 32.6 Å². The van der Waals surface area contributed by atoms with E-state index < -0.39 is 0 Å². The molecule has 0 aromatic rings. The fraction of sp³-hybridized carbons (Fsp3) is 0.750. The molecule has 90 valence electrons. The molecule has 0 spiro atoms. The molecule has 1 saturated carbocycles. The summed E-state index contributed by atoms with van der Waals surface area (Å²) in [6, 6.07) is 0.495. The first-order valence-corrected chi connectivity index (χ1v) is 5.88. The van der Waals surface area contributed by atoms with E-state index >= 15 is 0 Å². The van der Waals surface area contributed by atoms with Gasteiger partial charge in [-0.2, -0.15) is 0 Å². The number of nitrogens with one attached hydrogen (secondary N) is 2. The van der Waals surface area contributed by atoms with Gasteiger partial charge in [-0.15, -0.1) is 11.8 Å². The summed E-state index contributed by atoms with van der Waals surface area (Å²) < 4.78 is 0. The minimum atomic E-state index is 0.0670. The summed E-state index contributed by atoms with van der Waals surface area (Å²) in [6.07, 6.45) is 3.51. The largest absolute Gasteiger partial charge is 0.353 e. The highest BCUT2D eigenvalue weighted by molar-refractivity contribution is 5.77. The molecule has 16 heavy (non-hydrogen) atoms. The lowest BCUT2D eigenvalue weighted by atomic mass is 10.2. The second-order valence-electron chi connectivity index (χ2n) is 4.11. The van der Waals surface area contributed by atoms with Crippen molar-refractivity contribution >= 4 is 5.91 Å². The molecule has 1 fully saturated rings. The van der Waals surface area contributed by atoms with Gasteiger partial charge in [-0.25, -0.2) is 0 Å². The number of hydrogen-bond donors (Lipinski definition) is 3. The Hall–Kier alpha value is -1.05. The maximum atomic E-state index is 11.5. The van der Waals surface area contributed by atoms with Gasteiger partial charge in [0.15, 0.2) is 0 Å². The number of hydrogen-bond acceptors (Lipinski definition) is 3. The van der Waals surface area contributed by atoms with Crippen molar-refractivity contribution in [3.63, 3.8) is 0 Å². The van der Waals surface area contributed by atoms with E-state index in [0.717, 1.165) is 25.8 Å². The summed E-state index contributed by atoms with van der Waals surface area (Å²) in [5.74, 6) is 5.91. The molecule has 1 aliphatic rings. The van der Waals surface area contributed by atoms with Crippen LogP contribution in [0, 0.1) is 11.8 Å². The lowest BCUT2D eigenvalue weighted by Gasteiger charge is -2.15. The molecule has 0 radical (unpaired) electrons. The molecule has 1 amide bonds. The summed E-state index contributed by atoms with van der Waals surface area (Å²) in [5, 5.41) is 6.20. The second kappa shape index (κ2) is 7.26. The van der Waals surface area contributed by atoms with Crippen LogP contribution in [0.15, 0.2) is 0 Å². The Kier molecular flexibility index (Phi) is 5.91. The molecule has 4 heteroatoms. The van der Waals surface area contributed by atoms with Crippen molar-refractivity contribution in [1.29, 1.82) is 0 Å². The number of nitrogens with two attached hydrogens (primary N) is 1. The highest BCUT2D eigenvalue weighted by Crippen LogP contribution is 2.18. The average molecular weight is 223 g/mol. The zero-order valence-electron chi connectivity index (χ0n) is 9.88. The summed E-state index contributed by atoms with van der Waals surface area (Å²) >= 11 is 0. The first-order valence-electron chi connectivity index (χ1n) is 5.88. The van der Waals surface area contributed by atoms with Gasteiger partial charge >= 0.3 is 0 Å². The van der Waals surface area contributed by atoms with E-state index in [1.54, 1.807) is 0 Å². The van der Waals surface area contributed by atoms with E-state index in [-0.39, 0.29) is 11.9 Å². The van der Waals surface area contributed by atoms with Crippen LogP contribution in [-0.4, -0.2) is 31.1 Å². The Morgan fingerprint density at radius 3 is 2.88 bits per heavy atom. The zero-order chi connectivity index (χ0) is 11.8. The van der Waals surface area contributed by atoms with Crippen molar-refractivity contribution in [1.82, 2.24) is 10.6 Å². The fourth-order valence-electron chi connectivity index (χ4n) is 1.44. The maximum absolute atomic E-state index is 11.5. The third-order valence-electron chi connectivity index (χ3n) is 2.52. The number of carbonyl (C=O) groups excluding carboxylic acids is 1. The topological polar surface area (TPSA) is 67.1 Å². The van der Waals surface area contributed by atoms with Crippen LogP contribution in [0.3, 0.4) is 0 Å². The Labute approximate surface area is 97.3 Å². The van der Waals surface area contributed by atoms with Crippen molar-refractivity contribution in [2.75, 3.05) is 13.1 Å². The Morgan fingerprint density at radius 1 is 1.56 bits per heavy atom. The van der Waals surface area contributed by atoms with Gasteiger partial charge in [0.1, 0.15) is 0 Å². The quantitative estimate of drug-likeness (QED) is 0.420. The molecule has 0 heterocycles. The van der Waals surface area contributed by atoms with Crippen LogP contribution in [0.5, 0.6) is 0 Å². The molecule has 4 nitrogen and oxygen atoms in total. The lowest BCUT2D eigenvalue weighted by Crippen LogP contribution is -2.41. The standard InChI is InChI=1S/C12H21N3O/c1-2-3-4-7-14-11(9-13)8-12(16)15-10-5-6-10/h10-11,14H,4-9,13H2,1H3,(H,15,16). The van der Waals surface area contributed by atoms with Crippen LogP contribution in [-0.2, 0) is 4.79 Å². The van der Waals surface area contributed by atoms with Crippen LogP contribution in [0.2, 0.25) is 0 Å². The minimum absolute atomic E-state index is 0.0670. The molecular formula is C12H21N3O. The van der Waals surface area contributed by atoms with Gasteiger partial charge in [-0.3, -0.25) is 4.79 Å². The van der Waals surface area contributed by atoms with Crippen molar-refractivity contribution in [3.05, 3.63) is 0 Å². The molecule has 1 rings (SSSR count). The molecule has 1 unspecified atom stereocenters. The molecule has 4 N–H and O–H groups in total. The molecule has 0 aliphatic heterocycles. The predicted molar refractivity (Wildman–Crippen MR) is 64.7 cm³/mol. The number of rotatable bonds is 7. The number of carbonyl (C=O) groups is 1. The normalized spacial score (nSPS) is 16.1. The van der Waals surface area contributed by atoms with E-state index in [0.29, 0.717) is 19.0 Å². The lowest BCUT2D eigenvalue weighted by molar-refractivity contribution is -0.121. The molecular weight excluding hydrogens is 202 g/mol. The molecule has 0 saturated heterocycles. The van der Waals surface area contributed by atoms with Gasteiger partial charge < -0.3 is 16.4 Å². The highest BCUT2D eigenvalue weighted by atomic mass is 16.1. The minimum Gasteiger partial charge on any atom is -0.353 e. The summed E-state index contributed by atoms with van der Waals surface area (Å²) in [4.78, 5) is 11.5. The third kappa shape index (κ3) is 5.74. The molecule has 1 atom stereocenters. The van der Waals surface area contributed by atoms with Crippen molar-refractivity contribution in [2.24, 2.45) is 5.73 Å². The van der Waals surface area contributed by atoms with Gasteiger partial charge in [0.2, 0.25) is 5.91 Å². The SMILES string of the molecule is CC#CCCNC(CN)CC(=O)NC1CC1. The Bertz CT molecular complexity index is 276. The maximum Gasteiger partial charge on any atom is 0.221 e. The molecule has 1 aliphatic carbocycles.